The molecule has 0 saturated heterocycles. The molecule has 0 N–H and O–H groups in total. The molecule has 1 aromatic carbocycles. The smallest absolute Gasteiger partial charge is 0.150 e. The fraction of sp³-hybridized carbons (Fsp3) is 0.100. The highest BCUT2D eigenvalue weighted by atomic mass is 16.5. The second kappa shape index (κ2) is 3.91. The van der Waals surface area contributed by atoms with E-state index in [1.807, 2.05) is 0 Å². The molecule has 0 bridgehead atoms. The Labute approximate surface area is 86.3 Å². The Balaban J connectivity index is 2.52. The number of benzene rings is 1. The first-order valence-corrected chi connectivity index (χ1v) is 4.33. The molecule has 0 aliphatic rings. The molecule has 0 saturated carbocycles. The molecule has 5 nitrogen and oxygen atoms in total. The lowest BCUT2D eigenvalue weighted by Crippen LogP contribution is -1.96. The van der Waals surface area contributed by atoms with Gasteiger partial charge in [0.05, 0.1) is 12.8 Å². The van der Waals surface area contributed by atoms with Gasteiger partial charge in [-0.05, 0) is 18.2 Å². The Morgan fingerprint density at radius 2 is 2.07 bits per heavy atom. The predicted octanol–water partition coefficient (Wildman–Crippen LogP) is 1.09. The van der Waals surface area contributed by atoms with Crippen molar-refractivity contribution in [2.75, 3.05) is 7.11 Å². The lowest BCUT2D eigenvalue weighted by Gasteiger charge is -2.08. The van der Waals surface area contributed by atoms with Gasteiger partial charge in [0.2, 0.25) is 0 Å². The van der Waals surface area contributed by atoms with Crippen LogP contribution < -0.4 is 4.74 Å². The van der Waals surface area contributed by atoms with Crippen LogP contribution in [-0.4, -0.2) is 28.2 Å². The van der Waals surface area contributed by atoms with Crippen LogP contribution in [0.4, 0.5) is 0 Å². The molecule has 0 aliphatic carbocycles. The average Bonchev–Trinajstić information content (AvgIpc) is 2.81. The predicted molar refractivity (Wildman–Crippen MR) is 53.3 cm³/mol. The van der Waals surface area contributed by atoms with Crippen molar-refractivity contribution >= 4 is 6.29 Å². The fourth-order valence-corrected chi connectivity index (χ4v) is 1.31. The van der Waals surface area contributed by atoms with Crippen LogP contribution in [0.15, 0.2) is 30.9 Å². The summed E-state index contributed by atoms with van der Waals surface area (Å²) in [5.74, 6) is 0.611. The van der Waals surface area contributed by atoms with E-state index in [-0.39, 0.29) is 0 Å². The minimum absolute atomic E-state index is 0.573. The zero-order chi connectivity index (χ0) is 10.7. The van der Waals surface area contributed by atoms with Crippen molar-refractivity contribution in [3.05, 3.63) is 36.4 Å². The molecule has 5 heteroatoms. The number of nitrogens with zero attached hydrogens (tertiary/aromatic N) is 3. The molecule has 0 radical (unpaired) electrons. The zero-order valence-corrected chi connectivity index (χ0v) is 8.12. The molecule has 76 valence electrons. The molecule has 0 spiro atoms. The Morgan fingerprint density at radius 3 is 2.67 bits per heavy atom. The minimum Gasteiger partial charge on any atom is -0.495 e. The van der Waals surface area contributed by atoms with Crippen molar-refractivity contribution in [1.29, 1.82) is 0 Å². The SMILES string of the molecule is COc1cc(C=O)ccc1-n1cnnc1. The van der Waals surface area contributed by atoms with Crippen LogP contribution in [0, 0.1) is 0 Å². The summed E-state index contributed by atoms with van der Waals surface area (Å²) in [4.78, 5) is 10.6. The molecular weight excluding hydrogens is 194 g/mol. The number of rotatable bonds is 3. The van der Waals surface area contributed by atoms with E-state index in [1.165, 1.54) is 0 Å². The quantitative estimate of drug-likeness (QED) is 0.700. The fourth-order valence-electron chi connectivity index (χ4n) is 1.31. The summed E-state index contributed by atoms with van der Waals surface area (Å²) in [6, 6.07) is 5.17. The third-order valence-electron chi connectivity index (χ3n) is 2.04. The first kappa shape index (κ1) is 9.39. The number of aromatic nitrogens is 3. The number of carbonyl (C=O) groups is 1. The zero-order valence-electron chi connectivity index (χ0n) is 8.12. The van der Waals surface area contributed by atoms with Crippen LogP contribution in [0.1, 0.15) is 10.4 Å². The van der Waals surface area contributed by atoms with Crippen LogP contribution in [0.2, 0.25) is 0 Å². The van der Waals surface area contributed by atoms with E-state index in [0.29, 0.717) is 11.3 Å². The highest BCUT2D eigenvalue weighted by Crippen LogP contribution is 2.22. The lowest BCUT2D eigenvalue weighted by molar-refractivity contribution is 0.112. The summed E-state index contributed by atoms with van der Waals surface area (Å²) < 4.78 is 6.89. The van der Waals surface area contributed by atoms with Crippen LogP contribution >= 0.6 is 0 Å². The van der Waals surface area contributed by atoms with Gasteiger partial charge in [-0.15, -0.1) is 10.2 Å². The minimum atomic E-state index is 0.573. The number of carbonyl (C=O) groups excluding carboxylic acids is 1. The molecule has 0 amide bonds. The lowest BCUT2D eigenvalue weighted by atomic mass is 10.2. The van der Waals surface area contributed by atoms with Gasteiger partial charge in [0, 0.05) is 5.56 Å². The summed E-state index contributed by atoms with van der Waals surface area (Å²) in [6.07, 6.45) is 3.91. The van der Waals surface area contributed by atoms with E-state index in [4.69, 9.17) is 4.74 Å². The highest BCUT2D eigenvalue weighted by Gasteiger charge is 2.05. The summed E-state index contributed by atoms with van der Waals surface area (Å²) in [5, 5.41) is 7.41. The van der Waals surface area contributed by atoms with Gasteiger partial charge in [0.15, 0.2) is 0 Å². The molecular formula is C10H9N3O2. The third-order valence-corrected chi connectivity index (χ3v) is 2.04. The molecule has 1 heterocycles. The van der Waals surface area contributed by atoms with Gasteiger partial charge in [0.1, 0.15) is 24.7 Å². The number of aldehydes is 1. The maximum atomic E-state index is 10.6. The summed E-state index contributed by atoms with van der Waals surface area (Å²) in [7, 11) is 1.55. The summed E-state index contributed by atoms with van der Waals surface area (Å²) in [5.41, 5.74) is 1.37. The second-order valence-electron chi connectivity index (χ2n) is 2.92. The first-order valence-electron chi connectivity index (χ1n) is 4.33. The van der Waals surface area contributed by atoms with E-state index in [0.717, 1.165) is 12.0 Å². The van der Waals surface area contributed by atoms with Crippen LogP contribution in [0.25, 0.3) is 5.69 Å². The third kappa shape index (κ3) is 1.71. The van der Waals surface area contributed by atoms with Crippen molar-refractivity contribution < 1.29 is 9.53 Å². The van der Waals surface area contributed by atoms with Gasteiger partial charge < -0.3 is 4.74 Å². The topological polar surface area (TPSA) is 57.0 Å². The van der Waals surface area contributed by atoms with E-state index in [2.05, 4.69) is 10.2 Å². The van der Waals surface area contributed by atoms with E-state index >= 15 is 0 Å². The number of ether oxygens (including phenoxy) is 1. The maximum Gasteiger partial charge on any atom is 0.150 e. The Bertz CT molecular complexity index is 466. The summed E-state index contributed by atoms with van der Waals surface area (Å²) >= 11 is 0. The van der Waals surface area contributed by atoms with Gasteiger partial charge in [-0.25, -0.2) is 0 Å². The van der Waals surface area contributed by atoms with Crippen molar-refractivity contribution in [2.24, 2.45) is 0 Å². The van der Waals surface area contributed by atoms with Crippen molar-refractivity contribution in [3.63, 3.8) is 0 Å². The van der Waals surface area contributed by atoms with Gasteiger partial charge in [-0.2, -0.15) is 0 Å². The van der Waals surface area contributed by atoms with E-state index in [1.54, 1.807) is 42.5 Å². The second-order valence-corrected chi connectivity index (χ2v) is 2.92. The largest absolute Gasteiger partial charge is 0.495 e. The van der Waals surface area contributed by atoms with E-state index in [9.17, 15) is 4.79 Å². The summed E-state index contributed by atoms with van der Waals surface area (Å²) in [6.45, 7) is 0. The van der Waals surface area contributed by atoms with Crippen molar-refractivity contribution in [1.82, 2.24) is 14.8 Å². The van der Waals surface area contributed by atoms with Gasteiger partial charge >= 0.3 is 0 Å². The standard InChI is InChI=1S/C10H9N3O2/c1-15-10-4-8(5-14)2-3-9(10)13-6-11-12-7-13/h2-7H,1H3. The highest BCUT2D eigenvalue weighted by molar-refractivity contribution is 5.76. The Hall–Kier alpha value is -2.17. The average molecular weight is 203 g/mol. The Morgan fingerprint density at radius 1 is 1.33 bits per heavy atom. The van der Waals surface area contributed by atoms with Crippen LogP contribution in [0.3, 0.4) is 0 Å². The van der Waals surface area contributed by atoms with Crippen molar-refractivity contribution in [2.45, 2.75) is 0 Å². The molecule has 0 unspecified atom stereocenters. The van der Waals surface area contributed by atoms with E-state index < -0.39 is 0 Å². The molecule has 1 aromatic heterocycles. The van der Waals surface area contributed by atoms with Crippen LogP contribution in [-0.2, 0) is 0 Å². The van der Waals surface area contributed by atoms with Gasteiger partial charge in [-0.3, -0.25) is 9.36 Å². The van der Waals surface area contributed by atoms with Crippen LogP contribution in [0.5, 0.6) is 5.75 Å². The molecule has 15 heavy (non-hydrogen) atoms. The monoisotopic (exact) mass is 203 g/mol. The molecule has 2 aromatic rings. The number of methoxy groups -OCH3 is 1. The molecule has 0 fully saturated rings. The van der Waals surface area contributed by atoms with Gasteiger partial charge in [0.25, 0.3) is 0 Å². The van der Waals surface area contributed by atoms with Gasteiger partial charge in [-0.1, -0.05) is 0 Å². The van der Waals surface area contributed by atoms with Crippen molar-refractivity contribution in [3.8, 4) is 11.4 Å². The normalized spacial score (nSPS) is 9.93. The molecule has 2 rings (SSSR count). The number of hydrogen-bond donors (Lipinski definition) is 0. The molecule has 0 aliphatic heterocycles. The number of hydrogen-bond acceptors (Lipinski definition) is 4. The Kier molecular flexibility index (Phi) is 2.45. The molecule has 0 atom stereocenters. The first-order chi connectivity index (χ1) is 7.35. The maximum absolute atomic E-state index is 10.6.